The van der Waals surface area contributed by atoms with Gasteiger partial charge in [0.2, 0.25) is 5.91 Å². The number of nitrogens with one attached hydrogen (secondary N) is 1. The van der Waals surface area contributed by atoms with Crippen LogP contribution in [-0.2, 0) is 19.4 Å². The quantitative estimate of drug-likeness (QED) is 0.843. The fraction of sp³-hybridized carbons (Fsp3) is 0.556. The lowest BCUT2D eigenvalue weighted by molar-refractivity contribution is -0.115. The third-order valence-electron chi connectivity index (χ3n) is 4.19. The molecule has 1 amide bonds. The second kappa shape index (κ2) is 8.06. The Hall–Kier alpha value is -2.11. The highest BCUT2D eigenvalue weighted by molar-refractivity contribution is 7.92. The Labute approximate surface area is 154 Å². The predicted octanol–water partition coefficient (Wildman–Crippen LogP) is 2.33. The molecule has 0 aliphatic carbocycles. The molecule has 8 heteroatoms. The van der Waals surface area contributed by atoms with E-state index in [1.807, 2.05) is 13.8 Å². The van der Waals surface area contributed by atoms with Crippen molar-refractivity contribution >= 4 is 27.1 Å². The zero-order valence-corrected chi connectivity index (χ0v) is 16.3. The van der Waals surface area contributed by atoms with Gasteiger partial charge in [0.15, 0.2) is 9.84 Å². The fourth-order valence-corrected chi connectivity index (χ4v) is 4.15. The summed E-state index contributed by atoms with van der Waals surface area (Å²) < 4.78 is 31.0. The van der Waals surface area contributed by atoms with Gasteiger partial charge in [-0.3, -0.25) is 4.79 Å². The molecule has 26 heavy (non-hydrogen) atoms. The van der Waals surface area contributed by atoms with Crippen LogP contribution in [0.3, 0.4) is 0 Å². The number of nitriles is 1. The van der Waals surface area contributed by atoms with E-state index in [-0.39, 0.29) is 29.2 Å². The number of amides is 1. The number of carbonyl (C=O) groups is 1. The lowest BCUT2D eigenvalue weighted by Gasteiger charge is -2.37. The summed E-state index contributed by atoms with van der Waals surface area (Å²) in [6.07, 6.45) is -0.235. The second-order valence-electron chi connectivity index (χ2n) is 6.82. The average molecular weight is 379 g/mol. The Morgan fingerprint density at radius 1 is 1.35 bits per heavy atom. The molecule has 2 atom stereocenters. The van der Waals surface area contributed by atoms with Crippen LogP contribution in [0, 0.1) is 11.3 Å². The largest absolute Gasteiger partial charge is 0.372 e. The van der Waals surface area contributed by atoms with E-state index >= 15 is 0 Å². The van der Waals surface area contributed by atoms with Gasteiger partial charge in [-0.05, 0) is 45.9 Å². The van der Waals surface area contributed by atoms with Crippen LogP contribution in [0.5, 0.6) is 0 Å². The zero-order chi connectivity index (χ0) is 19.5. The van der Waals surface area contributed by atoms with Crippen LogP contribution < -0.4 is 10.2 Å². The van der Waals surface area contributed by atoms with Gasteiger partial charge in [-0.25, -0.2) is 8.42 Å². The molecule has 0 bridgehead atoms. The van der Waals surface area contributed by atoms with Crippen LogP contribution in [-0.4, -0.2) is 44.9 Å². The molecule has 1 saturated heterocycles. The van der Waals surface area contributed by atoms with E-state index in [1.165, 1.54) is 6.07 Å². The smallest absolute Gasteiger partial charge is 0.238 e. The van der Waals surface area contributed by atoms with Gasteiger partial charge in [-0.15, -0.1) is 0 Å². The molecule has 1 aromatic rings. The van der Waals surface area contributed by atoms with E-state index in [0.717, 1.165) is 5.69 Å². The van der Waals surface area contributed by atoms with Crippen LogP contribution in [0.4, 0.5) is 11.4 Å². The Balaban J connectivity index is 2.45. The Morgan fingerprint density at radius 3 is 2.50 bits per heavy atom. The van der Waals surface area contributed by atoms with E-state index < -0.39 is 21.0 Å². The van der Waals surface area contributed by atoms with Gasteiger partial charge in [0.1, 0.15) is 6.42 Å². The number of hydrogen-bond acceptors (Lipinski definition) is 6. The number of anilines is 2. The minimum Gasteiger partial charge on any atom is -0.372 e. The molecule has 1 aliphatic heterocycles. The summed E-state index contributed by atoms with van der Waals surface area (Å²) in [6.45, 7) is 8.50. The van der Waals surface area contributed by atoms with Crippen LogP contribution in [0.2, 0.25) is 0 Å². The highest BCUT2D eigenvalue weighted by atomic mass is 32.2. The number of hydrogen-bond donors (Lipinski definition) is 1. The topological polar surface area (TPSA) is 99.5 Å². The number of ether oxygens (including phenoxy) is 1. The van der Waals surface area contributed by atoms with Gasteiger partial charge in [-0.1, -0.05) is 0 Å². The average Bonchev–Trinajstić information content (AvgIpc) is 2.53. The molecule has 142 valence electrons. The van der Waals surface area contributed by atoms with Crippen molar-refractivity contribution in [3.8, 4) is 6.07 Å². The molecular weight excluding hydrogens is 354 g/mol. The number of morpholine rings is 1. The zero-order valence-electron chi connectivity index (χ0n) is 15.5. The minimum atomic E-state index is -3.58. The molecule has 1 N–H and O–H groups in total. The van der Waals surface area contributed by atoms with E-state index in [2.05, 4.69) is 10.2 Å². The molecule has 0 radical (unpaired) electrons. The fourth-order valence-electron chi connectivity index (χ4n) is 2.97. The van der Waals surface area contributed by atoms with Crippen LogP contribution in [0.1, 0.15) is 34.1 Å². The Bertz CT molecular complexity index is 804. The molecule has 0 aromatic heterocycles. The van der Waals surface area contributed by atoms with Crippen molar-refractivity contribution in [3.63, 3.8) is 0 Å². The first-order valence-corrected chi connectivity index (χ1v) is 10.1. The molecule has 2 unspecified atom stereocenters. The van der Waals surface area contributed by atoms with Crippen molar-refractivity contribution in [1.29, 1.82) is 5.26 Å². The second-order valence-corrected chi connectivity index (χ2v) is 9.29. The van der Waals surface area contributed by atoms with Crippen molar-refractivity contribution in [1.82, 2.24) is 0 Å². The lowest BCUT2D eigenvalue weighted by Crippen LogP contribution is -2.45. The first-order chi connectivity index (χ1) is 12.1. The van der Waals surface area contributed by atoms with Crippen molar-refractivity contribution < 1.29 is 17.9 Å². The van der Waals surface area contributed by atoms with E-state index in [4.69, 9.17) is 10.00 Å². The maximum atomic E-state index is 12.6. The van der Waals surface area contributed by atoms with Crippen LogP contribution in [0.15, 0.2) is 23.1 Å². The van der Waals surface area contributed by atoms with Gasteiger partial charge >= 0.3 is 0 Å². The molecule has 0 spiro atoms. The summed E-state index contributed by atoms with van der Waals surface area (Å²) in [5.41, 5.74) is 1.02. The number of sulfone groups is 1. The summed E-state index contributed by atoms with van der Waals surface area (Å²) >= 11 is 0. The monoisotopic (exact) mass is 379 g/mol. The lowest BCUT2D eigenvalue weighted by atomic mass is 10.2. The number of benzene rings is 1. The van der Waals surface area contributed by atoms with Gasteiger partial charge in [0.25, 0.3) is 0 Å². The first-order valence-electron chi connectivity index (χ1n) is 8.60. The third-order valence-corrected chi connectivity index (χ3v) is 6.40. The summed E-state index contributed by atoms with van der Waals surface area (Å²) in [5, 5.41) is 10.7. The molecule has 2 rings (SSSR count). The van der Waals surface area contributed by atoms with Gasteiger partial charge in [0, 0.05) is 18.8 Å². The van der Waals surface area contributed by atoms with Gasteiger partial charge < -0.3 is 15.0 Å². The maximum absolute atomic E-state index is 12.6. The van der Waals surface area contributed by atoms with Crippen molar-refractivity contribution in [2.45, 2.75) is 56.5 Å². The van der Waals surface area contributed by atoms with Crippen molar-refractivity contribution in [2.75, 3.05) is 23.3 Å². The molecule has 1 heterocycles. The Kier molecular flexibility index (Phi) is 6.26. The molecule has 7 nitrogen and oxygen atoms in total. The number of rotatable bonds is 5. The predicted molar refractivity (Wildman–Crippen MR) is 99.8 cm³/mol. The maximum Gasteiger partial charge on any atom is 0.238 e. The summed E-state index contributed by atoms with van der Waals surface area (Å²) in [4.78, 5) is 14.1. The third kappa shape index (κ3) is 4.54. The summed E-state index contributed by atoms with van der Waals surface area (Å²) in [6, 6.07) is 6.71. The van der Waals surface area contributed by atoms with E-state index in [0.29, 0.717) is 13.1 Å². The van der Waals surface area contributed by atoms with Crippen molar-refractivity contribution in [2.24, 2.45) is 0 Å². The molecule has 1 aliphatic rings. The molecule has 1 aromatic carbocycles. The van der Waals surface area contributed by atoms with Crippen LogP contribution in [0.25, 0.3) is 0 Å². The standard InChI is InChI=1S/C18H25N3O4S/c1-12(2)26(23,24)17-6-5-15(9-16(17)20-18(22)7-8-19)21-10-13(3)25-14(4)11-21/h5-6,9,12-14H,7,10-11H2,1-4H3,(H,20,22). The van der Waals surface area contributed by atoms with Gasteiger partial charge in [0.05, 0.1) is 34.1 Å². The number of carbonyl (C=O) groups excluding carboxylic acids is 1. The summed E-state index contributed by atoms with van der Waals surface area (Å²) in [7, 11) is -3.58. The Morgan fingerprint density at radius 2 is 1.96 bits per heavy atom. The van der Waals surface area contributed by atoms with Crippen molar-refractivity contribution in [3.05, 3.63) is 18.2 Å². The first kappa shape index (κ1) is 20.2. The minimum absolute atomic E-state index is 0.0504. The molecule has 1 fully saturated rings. The SMILES string of the molecule is CC1CN(c2ccc(S(=O)(=O)C(C)C)c(NC(=O)CC#N)c2)CC(C)O1. The van der Waals surface area contributed by atoms with E-state index in [9.17, 15) is 13.2 Å². The van der Waals surface area contributed by atoms with Gasteiger partial charge in [-0.2, -0.15) is 5.26 Å². The van der Waals surface area contributed by atoms with E-state index in [1.54, 1.807) is 32.0 Å². The van der Waals surface area contributed by atoms with Crippen LogP contribution >= 0.6 is 0 Å². The summed E-state index contributed by atoms with van der Waals surface area (Å²) in [5.74, 6) is -0.534. The highest BCUT2D eigenvalue weighted by Crippen LogP contribution is 2.31. The molecule has 0 saturated carbocycles. The normalized spacial score (nSPS) is 20.7. The molecular formula is C18H25N3O4S. The highest BCUT2D eigenvalue weighted by Gasteiger charge is 2.27. The number of nitrogens with zero attached hydrogens (tertiary/aromatic N) is 2.